The molecule has 0 radical (unpaired) electrons. The van der Waals surface area contributed by atoms with E-state index in [1.165, 1.54) is 0 Å². The van der Waals surface area contributed by atoms with Crippen molar-refractivity contribution in [2.75, 3.05) is 6.61 Å². The first kappa shape index (κ1) is 11.4. The zero-order valence-corrected chi connectivity index (χ0v) is 6.22. The minimum Gasteiger partial charge on any atom is -0.394 e. The lowest BCUT2D eigenvalue weighted by Crippen LogP contribution is -2.35. The van der Waals surface area contributed by atoms with Gasteiger partial charge in [-0.2, -0.15) is 4.39 Å². The van der Waals surface area contributed by atoms with Crippen molar-refractivity contribution in [3.63, 3.8) is 0 Å². The summed E-state index contributed by atoms with van der Waals surface area (Å²) in [6.45, 7) is -0.621. The van der Waals surface area contributed by atoms with Gasteiger partial charge in [-0.05, 0) is 0 Å². The van der Waals surface area contributed by atoms with Gasteiger partial charge < -0.3 is 20.4 Å². The zero-order valence-electron chi connectivity index (χ0n) is 6.22. The summed E-state index contributed by atoms with van der Waals surface area (Å²) in [6.07, 6.45) is -5.56. The van der Waals surface area contributed by atoms with Crippen LogP contribution in [0.4, 0.5) is 4.39 Å². The Bertz CT molecular complexity index is 151. The maximum Gasteiger partial charge on any atom is 0.332 e. The van der Waals surface area contributed by atoms with E-state index >= 15 is 0 Å². The Morgan fingerprint density at radius 3 is 2.17 bits per heavy atom. The maximum absolute atomic E-state index is 11.7. The van der Waals surface area contributed by atoms with Crippen LogP contribution in [0.15, 0.2) is 0 Å². The number of carbonyl (C=O) groups is 1. The van der Waals surface area contributed by atoms with Gasteiger partial charge in [0.1, 0.15) is 0 Å². The molecule has 0 fully saturated rings. The summed E-state index contributed by atoms with van der Waals surface area (Å²) in [4.78, 5) is 9.83. The minimum absolute atomic E-state index is 0.451. The molecule has 5 nitrogen and oxygen atoms in total. The molecule has 0 saturated carbocycles. The van der Waals surface area contributed by atoms with Gasteiger partial charge in [-0.15, -0.1) is 0 Å². The van der Waals surface area contributed by atoms with Crippen molar-refractivity contribution in [2.45, 2.75) is 24.7 Å². The molecule has 3 atom stereocenters. The van der Waals surface area contributed by atoms with Crippen LogP contribution in [-0.4, -0.2) is 51.4 Å². The van der Waals surface area contributed by atoms with Crippen LogP contribution >= 0.6 is 0 Å². The van der Waals surface area contributed by atoms with Crippen LogP contribution in [-0.2, 0) is 4.79 Å². The highest BCUT2D eigenvalue weighted by Crippen LogP contribution is 2.04. The van der Waals surface area contributed by atoms with Gasteiger partial charge in [-0.3, -0.25) is 4.79 Å². The number of halogens is 1. The van der Waals surface area contributed by atoms with Gasteiger partial charge in [0, 0.05) is 6.42 Å². The summed E-state index contributed by atoms with van der Waals surface area (Å²) >= 11 is 0. The molecular weight excluding hydrogens is 171 g/mol. The van der Waals surface area contributed by atoms with Crippen molar-refractivity contribution in [2.24, 2.45) is 0 Å². The number of hydrogen-bond acceptors (Lipinski definition) is 5. The van der Waals surface area contributed by atoms with Gasteiger partial charge in [-0.25, -0.2) is 0 Å². The Kier molecular flexibility index (Phi) is 4.91. The van der Waals surface area contributed by atoms with Gasteiger partial charge >= 0.3 is 6.04 Å². The topological polar surface area (TPSA) is 98.0 Å². The van der Waals surface area contributed by atoms with Gasteiger partial charge in [0.2, 0.25) is 0 Å². The molecule has 0 amide bonds. The van der Waals surface area contributed by atoms with E-state index in [1.54, 1.807) is 0 Å². The third-order valence-corrected chi connectivity index (χ3v) is 1.32. The first-order valence-electron chi connectivity index (χ1n) is 3.33. The smallest absolute Gasteiger partial charge is 0.332 e. The summed E-state index contributed by atoms with van der Waals surface area (Å²) in [5.74, 6) is 0. The maximum atomic E-state index is 11.7. The van der Waals surface area contributed by atoms with Crippen molar-refractivity contribution >= 4 is 6.04 Å². The molecule has 0 saturated heterocycles. The molecule has 3 unspecified atom stereocenters. The van der Waals surface area contributed by atoms with Crippen LogP contribution in [0, 0.1) is 0 Å². The van der Waals surface area contributed by atoms with Crippen molar-refractivity contribution in [3.8, 4) is 0 Å². The molecule has 0 aliphatic rings. The van der Waals surface area contributed by atoms with E-state index in [9.17, 15) is 9.18 Å². The second-order valence-corrected chi connectivity index (χ2v) is 2.39. The molecule has 0 heterocycles. The number of carbonyl (C=O) groups excluding carboxylic acids is 1. The van der Waals surface area contributed by atoms with Gasteiger partial charge in [-0.1, -0.05) is 0 Å². The Morgan fingerprint density at radius 1 is 1.33 bits per heavy atom. The minimum atomic E-state index is -2.15. The lowest BCUT2D eigenvalue weighted by molar-refractivity contribution is -0.145. The molecule has 0 aliphatic carbocycles. The fourth-order valence-corrected chi connectivity index (χ4v) is 0.633. The summed E-state index contributed by atoms with van der Waals surface area (Å²) in [6, 6.07) is -2.06. The van der Waals surface area contributed by atoms with Crippen molar-refractivity contribution < 1.29 is 29.6 Å². The standard InChI is InChI=1S/C6H11FO5/c7-6(12)5(11)4(10)1-3(9)2-8/h3-5,8-11H,1-2H2. The predicted molar refractivity (Wildman–Crippen MR) is 35.8 cm³/mol. The third kappa shape index (κ3) is 3.72. The lowest BCUT2D eigenvalue weighted by Gasteiger charge is -2.15. The van der Waals surface area contributed by atoms with Crippen LogP contribution in [0.5, 0.6) is 0 Å². The van der Waals surface area contributed by atoms with Gasteiger partial charge in [0.15, 0.2) is 6.10 Å². The van der Waals surface area contributed by atoms with E-state index in [-0.39, 0.29) is 0 Å². The first-order valence-corrected chi connectivity index (χ1v) is 3.33. The Balaban J connectivity index is 3.86. The Hall–Kier alpha value is -0.560. The van der Waals surface area contributed by atoms with E-state index in [0.29, 0.717) is 0 Å². The second-order valence-electron chi connectivity index (χ2n) is 2.39. The molecule has 12 heavy (non-hydrogen) atoms. The van der Waals surface area contributed by atoms with Crippen LogP contribution in [0.1, 0.15) is 6.42 Å². The zero-order chi connectivity index (χ0) is 9.72. The Labute approximate surface area is 68.1 Å². The van der Waals surface area contributed by atoms with Crippen LogP contribution < -0.4 is 0 Å². The first-order chi connectivity index (χ1) is 5.49. The normalized spacial score (nSPS) is 18.4. The van der Waals surface area contributed by atoms with E-state index in [4.69, 9.17) is 20.4 Å². The summed E-state index contributed by atoms with van der Waals surface area (Å²) in [7, 11) is 0. The van der Waals surface area contributed by atoms with E-state index < -0.39 is 37.4 Å². The fourth-order valence-electron chi connectivity index (χ4n) is 0.633. The van der Waals surface area contributed by atoms with Crippen LogP contribution in [0.2, 0.25) is 0 Å². The molecule has 0 aromatic rings. The molecule has 0 aromatic heterocycles. The average molecular weight is 182 g/mol. The molecule has 0 aliphatic heterocycles. The molecule has 72 valence electrons. The van der Waals surface area contributed by atoms with E-state index in [0.717, 1.165) is 0 Å². The SMILES string of the molecule is O=C(F)C(O)C(O)CC(O)CO. The van der Waals surface area contributed by atoms with Crippen LogP contribution in [0.25, 0.3) is 0 Å². The molecule has 0 bridgehead atoms. The van der Waals surface area contributed by atoms with Crippen molar-refractivity contribution in [1.82, 2.24) is 0 Å². The van der Waals surface area contributed by atoms with E-state index in [1.807, 2.05) is 0 Å². The number of aliphatic hydroxyl groups excluding tert-OH is 4. The Morgan fingerprint density at radius 2 is 1.83 bits per heavy atom. The van der Waals surface area contributed by atoms with Gasteiger partial charge in [0.05, 0.1) is 18.8 Å². The van der Waals surface area contributed by atoms with Crippen molar-refractivity contribution in [1.29, 1.82) is 0 Å². The summed E-state index contributed by atoms with van der Waals surface area (Å²) in [5.41, 5.74) is 0. The highest BCUT2D eigenvalue weighted by Gasteiger charge is 2.25. The molecule has 6 heteroatoms. The van der Waals surface area contributed by atoms with E-state index in [2.05, 4.69) is 0 Å². The predicted octanol–water partition coefficient (Wildman–Crippen LogP) is -2.05. The second kappa shape index (κ2) is 5.15. The summed E-state index contributed by atoms with van der Waals surface area (Å²) < 4.78 is 11.7. The van der Waals surface area contributed by atoms with Gasteiger partial charge in [0.25, 0.3) is 0 Å². The molecular formula is C6H11FO5. The average Bonchev–Trinajstić information content (AvgIpc) is 2.02. The lowest BCUT2D eigenvalue weighted by atomic mass is 10.1. The number of hydrogen-bond donors (Lipinski definition) is 4. The largest absolute Gasteiger partial charge is 0.394 e. The fraction of sp³-hybridized carbons (Fsp3) is 0.833. The quantitative estimate of drug-likeness (QED) is 0.367. The van der Waals surface area contributed by atoms with Crippen LogP contribution in [0.3, 0.4) is 0 Å². The highest BCUT2D eigenvalue weighted by atomic mass is 19.1. The number of aliphatic hydroxyl groups is 4. The number of rotatable bonds is 5. The summed E-state index contributed by atoms with van der Waals surface area (Å²) in [5, 5.41) is 34.4. The van der Waals surface area contributed by atoms with Crippen molar-refractivity contribution in [3.05, 3.63) is 0 Å². The molecule has 0 spiro atoms. The monoisotopic (exact) mass is 182 g/mol. The highest BCUT2D eigenvalue weighted by molar-refractivity contribution is 5.73. The molecule has 0 aromatic carbocycles. The molecule has 0 rings (SSSR count). The molecule has 4 N–H and O–H groups in total. The third-order valence-electron chi connectivity index (χ3n) is 1.32.